The second-order valence-electron chi connectivity index (χ2n) is 12.6. The van der Waals surface area contributed by atoms with Crippen LogP contribution in [-0.4, -0.2) is 17.0 Å². The fraction of sp³-hybridized carbons (Fsp3) is 0.893. The van der Waals surface area contributed by atoms with Gasteiger partial charge in [0.1, 0.15) is 0 Å². The highest BCUT2D eigenvalue weighted by atomic mass is 16.3. The summed E-state index contributed by atoms with van der Waals surface area (Å²) in [4.78, 5) is 12.1. The third-order valence-corrected chi connectivity index (χ3v) is 11.1. The lowest BCUT2D eigenvalue weighted by Crippen LogP contribution is -2.58. The van der Waals surface area contributed by atoms with Gasteiger partial charge in [0, 0.05) is 6.42 Å². The van der Waals surface area contributed by atoms with Crippen LogP contribution in [-0.2, 0) is 4.79 Å². The minimum absolute atomic E-state index is 0.0824. The zero-order valence-electron chi connectivity index (χ0n) is 20.4. The van der Waals surface area contributed by atoms with Crippen LogP contribution in [0.1, 0.15) is 92.9 Å². The first-order chi connectivity index (χ1) is 14.1. The van der Waals surface area contributed by atoms with Gasteiger partial charge in [0.25, 0.3) is 0 Å². The van der Waals surface area contributed by atoms with E-state index in [9.17, 15) is 9.90 Å². The maximum absolute atomic E-state index is 12.1. The summed E-state index contributed by atoms with van der Waals surface area (Å²) in [6.45, 7) is 14.4. The monoisotopic (exact) mass is 414 g/mol. The smallest absolute Gasteiger partial charge is 0.155 e. The van der Waals surface area contributed by atoms with Crippen molar-refractivity contribution >= 4 is 5.78 Å². The zero-order valence-corrected chi connectivity index (χ0v) is 20.4. The molecule has 4 aliphatic carbocycles. The van der Waals surface area contributed by atoms with Gasteiger partial charge < -0.3 is 5.11 Å². The summed E-state index contributed by atoms with van der Waals surface area (Å²) in [5.41, 5.74) is 0.189. The number of aliphatic hydroxyl groups is 1. The predicted molar refractivity (Wildman–Crippen MR) is 124 cm³/mol. The van der Waals surface area contributed by atoms with Crippen LogP contribution in [0.4, 0.5) is 0 Å². The molecule has 170 valence electrons. The summed E-state index contributed by atoms with van der Waals surface area (Å²) < 4.78 is 0. The molecule has 0 saturated heterocycles. The lowest BCUT2D eigenvalue weighted by molar-refractivity contribution is -0.154. The van der Waals surface area contributed by atoms with Gasteiger partial charge in [-0.2, -0.15) is 0 Å². The van der Waals surface area contributed by atoms with Crippen LogP contribution in [0, 0.1) is 58.2 Å². The van der Waals surface area contributed by atoms with Gasteiger partial charge in [0.15, 0.2) is 5.78 Å². The van der Waals surface area contributed by atoms with Crippen molar-refractivity contribution in [2.24, 2.45) is 58.2 Å². The molecule has 0 bridgehead atoms. The van der Waals surface area contributed by atoms with Crippen LogP contribution in [0.5, 0.6) is 0 Å². The van der Waals surface area contributed by atoms with Crippen molar-refractivity contribution in [3.05, 3.63) is 12.2 Å². The summed E-state index contributed by atoms with van der Waals surface area (Å²) in [5, 5.41) is 11.6. The molecule has 10 atom stereocenters. The number of ketones is 1. The number of hydrogen-bond donors (Lipinski definition) is 1. The van der Waals surface area contributed by atoms with Crippen molar-refractivity contribution in [2.75, 3.05) is 0 Å². The molecular formula is C28H46O2. The van der Waals surface area contributed by atoms with E-state index in [-0.39, 0.29) is 16.9 Å². The standard InChI is InChI=1S/C28H46O2/c1-17(2)18(3)7-8-19(4)23-11-12-24-22-10-9-20-15-21(29)13-14-27(20,5)25(22)16-26(30)28(23,24)6/h13-14,17-20,22-26,30H,7-12,15-16H2,1-6H3. The van der Waals surface area contributed by atoms with Crippen molar-refractivity contribution in [1.29, 1.82) is 0 Å². The maximum atomic E-state index is 12.1. The first kappa shape index (κ1) is 22.6. The molecule has 0 aromatic rings. The molecule has 0 aromatic carbocycles. The van der Waals surface area contributed by atoms with Crippen LogP contribution < -0.4 is 0 Å². The second-order valence-corrected chi connectivity index (χ2v) is 12.6. The molecule has 2 heteroatoms. The Labute approximate surface area is 185 Å². The topological polar surface area (TPSA) is 37.3 Å². The predicted octanol–water partition coefficient (Wildman–Crippen LogP) is 6.67. The van der Waals surface area contributed by atoms with Gasteiger partial charge in [-0.15, -0.1) is 0 Å². The first-order valence-corrected chi connectivity index (χ1v) is 13.0. The maximum Gasteiger partial charge on any atom is 0.155 e. The Morgan fingerprint density at radius 2 is 1.77 bits per heavy atom. The molecule has 1 N–H and O–H groups in total. The summed E-state index contributed by atoms with van der Waals surface area (Å²) >= 11 is 0. The van der Waals surface area contributed by atoms with Crippen molar-refractivity contribution in [3.63, 3.8) is 0 Å². The molecule has 2 nitrogen and oxygen atoms in total. The molecule has 4 aliphatic rings. The summed E-state index contributed by atoms with van der Waals surface area (Å²) in [6, 6.07) is 0. The zero-order chi connectivity index (χ0) is 21.8. The van der Waals surface area contributed by atoms with Crippen molar-refractivity contribution in [3.8, 4) is 0 Å². The molecule has 0 heterocycles. The molecule has 0 aromatic heterocycles. The molecule has 0 radical (unpaired) electrons. The number of rotatable bonds is 5. The fourth-order valence-electron chi connectivity index (χ4n) is 8.62. The highest BCUT2D eigenvalue weighted by Crippen LogP contribution is 2.67. The molecule has 3 fully saturated rings. The van der Waals surface area contributed by atoms with E-state index in [0.717, 1.165) is 30.6 Å². The summed E-state index contributed by atoms with van der Waals surface area (Å²) in [7, 11) is 0. The number of hydrogen-bond acceptors (Lipinski definition) is 2. The van der Waals surface area contributed by atoms with E-state index in [1.807, 2.05) is 6.08 Å². The first-order valence-electron chi connectivity index (χ1n) is 13.0. The lowest BCUT2D eigenvalue weighted by atomic mass is 9.45. The Kier molecular flexibility index (Phi) is 6.06. The molecule has 0 aliphatic heterocycles. The quantitative estimate of drug-likeness (QED) is 0.545. The summed E-state index contributed by atoms with van der Waals surface area (Å²) in [6.07, 6.45) is 13.3. The molecule has 3 saturated carbocycles. The van der Waals surface area contributed by atoms with Gasteiger partial charge in [0.2, 0.25) is 0 Å². The Bertz CT molecular complexity index is 680. The number of carbonyl (C=O) groups excluding carboxylic acids is 1. The SMILES string of the molecule is CC(C)C(C)CCC(C)C1CCC2C3CCC4CC(=O)C=CC4(C)C3CC(O)C12C. The van der Waals surface area contributed by atoms with Gasteiger partial charge >= 0.3 is 0 Å². The van der Waals surface area contributed by atoms with E-state index in [0.29, 0.717) is 35.4 Å². The number of aliphatic hydroxyl groups excluding tert-OH is 1. The third-order valence-electron chi connectivity index (χ3n) is 11.1. The molecule has 10 unspecified atom stereocenters. The van der Waals surface area contributed by atoms with E-state index in [4.69, 9.17) is 0 Å². The average Bonchev–Trinajstić information content (AvgIpc) is 3.06. The fourth-order valence-corrected chi connectivity index (χ4v) is 8.62. The Morgan fingerprint density at radius 3 is 2.47 bits per heavy atom. The molecule has 0 spiro atoms. The van der Waals surface area contributed by atoms with Crippen LogP contribution in [0.2, 0.25) is 0 Å². The minimum atomic E-state index is -0.192. The third kappa shape index (κ3) is 3.44. The molecule has 4 rings (SSSR count). The van der Waals surface area contributed by atoms with E-state index < -0.39 is 0 Å². The highest BCUT2D eigenvalue weighted by molar-refractivity contribution is 5.91. The van der Waals surface area contributed by atoms with Gasteiger partial charge in [-0.3, -0.25) is 4.79 Å². The van der Waals surface area contributed by atoms with E-state index in [2.05, 4.69) is 47.6 Å². The molecule has 0 amide bonds. The van der Waals surface area contributed by atoms with Gasteiger partial charge in [-0.1, -0.05) is 60.5 Å². The van der Waals surface area contributed by atoms with Crippen LogP contribution >= 0.6 is 0 Å². The molecular weight excluding hydrogens is 368 g/mol. The number of fused-ring (bicyclic) bond motifs is 5. The average molecular weight is 415 g/mol. The molecule has 30 heavy (non-hydrogen) atoms. The largest absolute Gasteiger partial charge is 0.393 e. The van der Waals surface area contributed by atoms with Gasteiger partial charge in [0.05, 0.1) is 6.10 Å². The lowest BCUT2D eigenvalue weighted by Gasteiger charge is -2.60. The van der Waals surface area contributed by atoms with Crippen molar-refractivity contribution in [1.82, 2.24) is 0 Å². The Morgan fingerprint density at radius 1 is 1.03 bits per heavy atom. The van der Waals surface area contributed by atoms with Crippen molar-refractivity contribution in [2.45, 2.75) is 99.0 Å². The van der Waals surface area contributed by atoms with Gasteiger partial charge in [-0.25, -0.2) is 0 Å². The number of allylic oxidation sites excluding steroid dienone is 2. The highest BCUT2D eigenvalue weighted by Gasteiger charge is 2.63. The Hall–Kier alpha value is -0.630. The van der Waals surface area contributed by atoms with Crippen molar-refractivity contribution < 1.29 is 9.90 Å². The minimum Gasteiger partial charge on any atom is -0.393 e. The van der Waals surface area contributed by atoms with Gasteiger partial charge in [-0.05, 0) is 96.4 Å². The van der Waals surface area contributed by atoms with E-state index >= 15 is 0 Å². The van der Waals surface area contributed by atoms with Crippen LogP contribution in [0.25, 0.3) is 0 Å². The van der Waals surface area contributed by atoms with E-state index in [1.54, 1.807) is 0 Å². The van der Waals surface area contributed by atoms with E-state index in [1.165, 1.54) is 38.5 Å². The number of carbonyl (C=O) groups is 1. The summed E-state index contributed by atoms with van der Waals surface area (Å²) in [5.74, 6) is 5.63. The van der Waals surface area contributed by atoms with Crippen LogP contribution in [0.3, 0.4) is 0 Å². The van der Waals surface area contributed by atoms with Crippen LogP contribution in [0.15, 0.2) is 12.2 Å². The Balaban J connectivity index is 1.54. The normalized spacial score (nSPS) is 47.5. The second kappa shape index (κ2) is 8.05.